The Labute approximate surface area is 174 Å². The number of hydrogen-bond acceptors (Lipinski definition) is 6. The van der Waals surface area contributed by atoms with Crippen LogP contribution in [0.25, 0.3) is 6.08 Å². The van der Waals surface area contributed by atoms with E-state index in [0.29, 0.717) is 5.56 Å². The summed E-state index contributed by atoms with van der Waals surface area (Å²) in [5.74, 6) is -1.75. The maximum Gasteiger partial charge on any atom is 0.349 e. The largest absolute Gasteiger partial charge is 0.451 e. The number of nitriles is 1. The number of rotatable bonds is 7. The smallest absolute Gasteiger partial charge is 0.349 e. The Hall–Kier alpha value is -4.12. The number of carbonyl (C=O) groups is 3. The van der Waals surface area contributed by atoms with Crippen molar-refractivity contribution >= 4 is 29.7 Å². The molecule has 0 unspecified atom stereocenters. The van der Waals surface area contributed by atoms with Crippen molar-refractivity contribution in [3.05, 3.63) is 71.3 Å². The Morgan fingerprint density at radius 1 is 1.07 bits per heavy atom. The first kappa shape index (κ1) is 22.2. The number of urea groups is 1. The number of benzene rings is 2. The van der Waals surface area contributed by atoms with Gasteiger partial charge in [-0.3, -0.25) is 10.1 Å². The average Bonchev–Trinajstić information content (AvgIpc) is 2.75. The Bertz CT molecular complexity index is 961. The Morgan fingerprint density at radius 2 is 1.73 bits per heavy atom. The first-order valence-electron chi connectivity index (χ1n) is 9.07. The van der Waals surface area contributed by atoms with Crippen LogP contribution < -0.4 is 15.5 Å². The second kappa shape index (κ2) is 11.0. The van der Waals surface area contributed by atoms with Crippen LogP contribution in [0.1, 0.15) is 11.1 Å². The third-order valence-electron chi connectivity index (χ3n) is 3.94. The van der Waals surface area contributed by atoms with E-state index in [4.69, 9.17) is 4.74 Å². The summed E-state index contributed by atoms with van der Waals surface area (Å²) in [6.07, 6.45) is 1.37. The van der Waals surface area contributed by atoms with Crippen LogP contribution in [-0.2, 0) is 20.9 Å². The van der Waals surface area contributed by atoms with Gasteiger partial charge in [0.25, 0.3) is 5.91 Å². The predicted molar refractivity (Wildman–Crippen MR) is 112 cm³/mol. The lowest BCUT2D eigenvalue weighted by Gasteiger charge is -2.11. The van der Waals surface area contributed by atoms with Gasteiger partial charge in [-0.15, -0.1) is 0 Å². The fourth-order valence-electron chi connectivity index (χ4n) is 2.37. The molecule has 2 aromatic rings. The van der Waals surface area contributed by atoms with E-state index in [2.05, 4.69) is 10.6 Å². The third-order valence-corrected chi connectivity index (χ3v) is 3.94. The Morgan fingerprint density at radius 3 is 2.33 bits per heavy atom. The van der Waals surface area contributed by atoms with Gasteiger partial charge in [-0.1, -0.05) is 42.5 Å². The summed E-state index contributed by atoms with van der Waals surface area (Å²) >= 11 is 0. The quantitative estimate of drug-likeness (QED) is 0.414. The second-order valence-corrected chi connectivity index (χ2v) is 6.45. The monoisotopic (exact) mass is 406 g/mol. The van der Waals surface area contributed by atoms with E-state index in [-0.39, 0.29) is 12.1 Å². The van der Waals surface area contributed by atoms with Gasteiger partial charge >= 0.3 is 12.0 Å². The zero-order valence-electron chi connectivity index (χ0n) is 16.7. The van der Waals surface area contributed by atoms with Crippen LogP contribution in [0.15, 0.2) is 60.2 Å². The first-order chi connectivity index (χ1) is 14.4. The van der Waals surface area contributed by atoms with E-state index in [1.165, 1.54) is 6.08 Å². The molecule has 8 nitrogen and oxygen atoms in total. The zero-order valence-corrected chi connectivity index (χ0v) is 16.7. The minimum atomic E-state index is -0.950. The molecule has 2 aromatic carbocycles. The predicted octanol–water partition coefficient (Wildman–Crippen LogP) is 2.23. The van der Waals surface area contributed by atoms with Crippen molar-refractivity contribution in [2.24, 2.45) is 0 Å². The molecule has 0 spiro atoms. The van der Waals surface area contributed by atoms with Crippen LogP contribution in [0, 0.1) is 11.3 Å². The highest BCUT2D eigenvalue weighted by Crippen LogP contribution is 2.15. The number of imide groups is 1. The molecule has 0 saturated heterocycles. The number of hydrogen-bond donors (Lipinski definition) is 2. The summed E-state index contributed by atoms with van der Waals surface area (Å²) in [5.41, 5.74) is 2.22. The van der Waals surface area contributed by atoms with E-state index >= 15 is 0 Å². The standard InChI is InChI=1S/C22H22N4O4/c1-26(2)19-10-8-16(9-11-19)12-18(13-23)21(28)30-15-20(27)25-22(29)24-14-17-6-4-3-5-7-17/h3-12H,14-15H2,1-2H3,(H2,24,25,27,29)/b18-12+. The molecule has 0 fully saturated rings. The summed E-state index contributed by atoms with van der Waals surface area (Å²) in [6.45, 7) is -0.441. The third kappa shape index (κ3) is 7.13. The molecule has 0 atom stereocenters. The first-order valence-corrected chi connectivity index (χ1v) is 9.07. The molecular weight excluding hydrogens is 384 g/mol. The van der Waals surface area contributed by atoms with Gasteiger partial charge in [0.15, 0.2) is 6.61 Å². The summed E-state index contributed by atoms with van der Waals surface area (Å²) in [6, 6.07) is 17.4. The van der Waals surface area contributed by atoms with Crippen molar-refractivity contribution in [1.82, 2.24) is 10.6 Å². The van der Waals surface area contributed by atoms with Gasteiger partial charge in [-0.2, -0.15) is 5.26 Å². The normalized spacial score (nSPS) is 10.5. The molecule has 0 aliphatic rings. The van der Waals surface area contributed by atoms with Gasteiger partial charge in [0.2, 0.25) is 0 Å². The number of carbonyl (C=O) groups excluding carboxylic acids is 3. The highest BCUT2D eigenvalue weighted by Gasteiger charge is 2.14. The van der Waals surface area contributed by atoms with Crippen LogP contribution in [0.3, 0.4) is 0 Å². The number of ether oxygens (including phenoxy) is 1. The van der Waals surface area contributed by atoms with Gasteiger partial charge < -0.3 is 15.0 Å². The topological polar surface area (TPSA) is 112 Å². The zero-order chi connectivity index (χ0) is 21.9. The van der Waals surface area contributed by atoms with Gasteiger partial charge in [-0.05, 0) is 29.3 Å². The minimum absolute atomic E-state index is 0.244. The van der Waals surface area contributed by atoms with Crippen LogP contribution in [-0.4, -0.2) is 38.6 Å². The van der Waals surface area contributed by atoms with Gasteiger partial charge in [0.1, 0.15) is 11.6 Å². The van der Waals surface area contributed by atoms with Gasteiger partial charge in [0.05, 0.1) is 0 Å². The van der Waals surface area contributed by atoms with Crippen molar-refractivity contribution in [3.8, 4) is 6.07 Å². The molecule has 30 heavy (non-hydrogen) atoms. The lowest BCUT2D eigenvalue weighted by Crippen LogP contribution is -2.41. The molecule has 154 valence electrons. The summed E-state index contributed by atoms with van der Waals surface area (Å²) < 4.78 is 4.82. The molecule has 0 aromatic heterocycles. The molecule has 0 heterocycles. The van der Waals surface area contributed by atoms with Crippen molar-refractivity contribution in [3.63, 3.8) is 0 Å². The number of nitrogens with zero attached hydrogens (tertiary/aromatic N) is 2. The van der Waals surface area contributed by atoms with E-state index < -0.39 is 24.5 Å². The average molecular weight is 406 g/mol. The van der Waals surface area contributed by atoms with Crippen molar-refractivity contribution in [2.45, 2.75) is 6.54 Å². The molecule has 3 amide bonds. The molecule has 0 aliphatic carbocycles. The van der Waals surface area contributed by atoms with E-state index in [9.17, 15) is 19.6 Å². The fourth-order valence-corrected chi connectivity index (χ4v) is 2.37. The SMILES string of the molecule is CN(C)c1ccc(/C=C(\C#N)C(=O)OCC(=O)NC(=O)NCc2ccccc2)cc1. The van der Waals surface area contributed by atoms with E-state index in [1.54, 1.807) is 18.2 Å². The highest BCUT2D eigenvalue weighted by atomic mass is 16.5. The molecular formula is C22H22N4O4. The number of esters is 1. The number of nitrogens with one attached hydrogen (secondary N) is 2. The lowest BCUT2D eigenvalue weighted by atomic mass is 10.1. The van der Waals surface area contributed by atoms with Crippen molar-refractivity contribution in [2.75, 3.05) is 25.6 Å². The highest BCUT2D eigenvalue weighted by molar-refractivity contribution is 6.00. The Kier molecular flexibility index (Phi) is 8.15. The fraction of sp³-hybridized carbons (Fsp3) is 0.182. The molecule has 0 radical (unpaired) electrons. The van der Waals surface area contributed by atoms with E-state index in [1.807, 2.05) is 61.5 Å². The molecule has 8 heteroatoms. The molecule has 2 rings (SSSR count). The summed E-state index contributed by atoms with van der Waals surface area (Å²) in [4.78, 5) is 37.5. The van der Waals surface area contributed by atoms with Crippen LogP contribution in [0.4, 0.5) is 10.5 Å². The van der Waals surface area contributed by atoms with Gasteiger partial charge in [-0.25, -0.2) is 9.59 Å². The van der Waals surface area contributed by atoms with E-state index in [0.717, 1.165) is 11.3 Å². The summed E-state index contributed by atoms with van der Waals surface area (Å²) in [7, 11) is 3.80. The van der Waals surface area contributed by atoms with Crippen LogP contribution in [0.2, 0.25) is 0 Å². The maximum atomic E-state index is 12.1. The van der Waals surface area contributed by atoms with Crippen molar-refractivity contribution in [1.29, 1.82) is 5.26 Å². The Balaban J connectivity index is 1.83. The minimum Gasteiger partial charge on any atom is -0.451 e. The molecule has 0 saturated carbocycles. The number of amides is 3. The summed E-state index contributed by atoms with van der Waals surface area (Å²) in [5, 5.41) is 13.8. The molecule has 0 aliphatic heterocycles. The number of anilines is 1. The molecule has 0 bridgehead atoms. The van der Waals surface area contributed by atoms with Crippen molar-refractivity contribution < 1.29 is 19.1 Å². The van der Waals surface area contributed by atoms with Gasteiger partial charge in [0, 0.05) is 26.3 Å². The second-order valence-electron chi connectivity index (χ2n) is 6.45. The lowest BCUT2D eigenvalue weighted by molar-refractivity contribution is -0.144. The van der Waals surface area contributed by atoms with Crippen LogP contribution >= 0.6 is 0 Å². The molecule has 2 N–H and O–H groups in total. The van der Waals surface area contributed by atoms with Crippen LogP contribution in [0.5, 0.6) is 0 Å². The maximum absolute atomic E-state index is 12.1.